The van der Waals surface area contributed by atoms with Crippen LogP contribution in [0.3, 0.4) is 0 Å². The number of carbonyl (C=O) groups is 1. The summed E-state index contributed by atoms with van der Waals surface area (Å²) in [6.45, 7) is 1.80. The van der Waals surface area contributed by atoms with Crippen LogP contribution in [0.5, 0.6) is 11.6 Å². The summed E-state index contributed by atoms with van der Waals surface area (Å²) in [6.07, 6.45) is 6.95. The number of hydrogen-bond donors (Lipinski definition) is 1. The molecule has 0 radical (unpaired) electrons. The van der Waals surface area contributed by atoms with Gasteiger partial charge in [-0.15, -0.1) is 0 Å². The maximum atomic E-state index is 13.6. The monoisotopic (exact) mass is 381 g/mol. The maximum Gasteiger partial charge on any atom is 0.244 e. The van der Waals surface area contributed by atoms with E-state index in [2.05, 4.69) is 15.3 Å². The molecule has 0 fully saturated rings. The largest absolute Gasteiger partial charge is 0.437 e. The maximum absolute atomic E-state index is 13.6. The van der Waals surface area contributed by atoms with Gasteiger partial charge in [0.15, 0.2) is 11.6 Å². The van der Waals surface area contributed by atoms with Crippen LogP contribution in [0, 0.1) is 11.6 Å². The third kappa shape index (κ3) is 4.97. The van der Waals surface area contributed by atoms with Crippen LogP contribution in [0.1, 0.15) is 24.1 Å². The number of benzene rings is 2. The quantitative estimate of drug-likeness (QED) is 0.641. The molecule has 1 heterocycles. The molecular weight excluding hydrogens is 364 g/mol. The fourth-order valence-electron chi connectivity index (χ4n) is 2.47. The van der Waals surface area contributed by atoms with E-state index in [9.17, 15) is 13.6 Å². The minimum absolute atomic E-state index is 0.00201. The van der Waals surface area contributed by atoms with Crippen molar-refractivity contribution in [2.75, 3.05) is 0 Å². The summed E-state index contributed by atoms with van der Waals surface area (Å²) >= 11 is 0. The molecule has 3 aromatic rings. The van der Waals surface area contributed by atoms with Crippen LogP contribution in [-0.2, 0) is 4.79 Å². The number of nitrogens with zero attached hydrogens (tertiary/aromatic N) is 2. The highest BCUT2D eigenvalue weighted by molar-refractivity contribution is 5.92. The van der Waals surface area contributed by atoms with Crippen molar-refractivity contribution in [1.82, 2.24) is 15.3 Å². The summed E-state index contributed by atoms with van der Waals surface area (Å²) in [5.41, 5.74) is 0.808. The molecule has 28 heavy (non-hydrogen) atoms. The molecular formula is C21H17F2N3O2. The number of nitrogens with one attached hydrogen (secondary N) is 1. The van der Waals surface area contributed by atoms with E-state index in [-0.39, 0.29) is 11.6 Å². The molecule has 3 rings (SSSR count). The first kappa shape index (κ1) is 19.2. The van der Waals surface area contributed by atoms with Crippen molar-refractivity contribution in [3.05, 3.63) is 89.9 Å². The second kappa shape index (κ2) is 8.85. The van der Waals surface area contributed by atoms with Gasteiger partial charge in [0.25, 0.3) is 0 Å². The molecule has 1 amide bonds. The van der Waals surface area contributed by atoms with Gasteiger partial charge in [0.1, 0.15) is 5.75 Å². The topological polar surface area (TPSA) is 64.1 Å². The van der Waals surface area contributed by atoms with Crippen LogP contribution in [-0.4, -0.2) is 15.9 Å². The van der Waals surface area contributed by atoms with Gasteiger partial charge >= 0.3 is 0 Å². The lowest BCUT2D eigenvalue weighted by Crippen LogP contribution is -2.24. The van der Waals surface area contributed by atoms with Gasteiger partial charge < -0.3 is 10.1 Å². The average Bonchev–Trinajstić information content (AvgIpc) is 2.70. The van der Waals surface area contributed by atoms with Crippen molar-refractivity contribution in [1.29, 1.82) is 0 Å². The van der Waals surface area contributed by atoms with Crippen molar-refractivity contribution in [2.45, 2.75) is 13.0 Å². The fourth-order valence-corrected chi connectivity index (χ4v) is 2.47. The van der Waals surface area contributed by atoms with Gasteiger partial charge in [0, 0.05) is 24.0 Å². The number of carbonyl (C=O) groups excluding carboxylic acids is 1. The molecule has 2 aromatic carbocycles. The summed E-state index contributed by atoms with van der Waals surface area (Å²) in [5, 5.41) is 2.77. The molecule has 0 aliphatic heterocycles. The smallest absolute Gasteiger partial charge is 0.244 e. The van der Waals surface area contributed by atoms with E-state index >= 15 is 0 Å². The molecule has 0 aliphatic carbocycles. The molecule has 7 heteroatoms. The number of rotatable bonds is 6. The molecule has 0 bridgehead atoms. The van der Waals surface area contributed by atoms with Gasteiger partial charge in [0.2, 0.25) is 11.8 Å². The van der Waals surface area contributed by atoms with Gasteiger partial charge in [-0.1, -0.05) is 24.3 Å². The van der Waals surface area contributed by atoms with Gasteiger partial charge in [-0.2, -0.15) is 0 Å². The molecule has 0 saturated heterocycles. The first-order valence-electron chi connectivity index (χ1n) is 8.49. The fraction of sp³-hybridized carbons (Fsp3) is 0.0952. The predicted octanol–water partition coefficient (Wildman–Crippen LogP) is 4.44. The Bertz CT molecular complexity index is 994. The number of hydrogen-bond acceptors (Lipinski definition) is 4. The van der Waals surface area contributed by atoms with Crippen molar-refractivity contribution >= 4 is 12.0 Å². The first-order valence-corrected chi connectivity index (χ1v) is 8.49. The van der Waals surface area contributed by atoms with Crippen LogP contribution in [0.25, 0.3) is 6.08 Å². The molecule has 0 saturated carbocycles. The van der Waals surface area contributed by atoms with Gasteiger partial charge in [-0.3, -0.25) is 9.78 Å². The number of halogens is 2. The molecule has 0 unspecified atom stereocenters. The summed E-state index contributed by atoms with van der Waals surface area (Å²) < 4.78 is 32.4. The van der Waals surface area contributed by atoms with Crippen LogP contribution < -0.4 is 10.1 Å². The lowest BCUT2D eigenvalue weighted by Gasteiger charge is -2.14. The zero-order chi connectivity index (χ0) is 19.9. The molecule has 1 atom stereocenters. The average molecular weight is 381 g/mol. The number of amides is 1. The van der Waals surface area contributed by atoms with E-state index in [1.54, 1.807) is 31.3 Å². The van der Waals surface area contributed by atoms with Crippen molar-refractivity contribution in [3.63, 3.8) is 0 Å². The van der Waals surface area contributed by atoms with Crippen LogP contribution >= 0.6 is 0 Å². The van der Waals surface area contributed by atoms with E-state index < -0.39 is 17.5 Å². The molecule has 5 nitrogen and oxygen atoms in total. The standard InChI is InChI=1S/C21H17F2N3O2/c1-14(26-19(27)9-8-15-4-3-7-18(22)21(15)23)16-5-2-6-17(12-16)28-20-13-24-10-11-25-20/h2-14H,1H3,(H,26,27)/t14-/m0/s1. The SMILES string of the molecule is C[C@H](NC(=O)C=Cc1cccc(F)c1F)c1cccc(Oc2cnccn2)c1. The predicted molar refractivity (Wildman–Crippen MR) is 100 cm³/mol. The van der Waals surface area contributed by atoms with Crippen LogP contribution in [0.15, 0.2) is 67.1 Å². The third-order valence-corrected chi connectivity index (χ3v) is 3.87. The Morgan fingerprint density at radius 3 is 2.79 bits per heavy atom. The van der Waals surface area contributed by atoms with Crippen LogP contribution in [0.2, 0.25) is 0 Å². The Balaban J connectivity index is 1.64. The zero-order valence-electron chi connectivity index (χ0n) is 15.0. The summed E-state index contributed by atoms with van der Waals surface area (Å²) in [7, 11) is 0. The highest BCUT2D eigenvalue weighted by atomic mass is 19.2. The Morgan fingerprint density at radius 1 is 1.18 bits per heavy atom. The first-order chi connectivity index (χ1) is 13.5. The Morgan fingerprint density at radius 2 is 2.00 bits per heavy atom. The zero-order valence-corrected chi connectivity index (χ0v) is 15.0. The van der Waals surface area contributed by atoms with Gasteiger partial charge in [0.05, 0.1) is 12.2 Å². The van der Waals surface area contributed by atoms with Crippen molar-refractivity contribution in [2.24, 2.45) is 0 Å². The summed E-state index contributed by atoms with van der Waals surface area (Å²) in [4.78, 5) is 20.1. The van der Waals surface area contributed by atoms with Crippen LogP contribution in [0.4, 0.5) is 8.78 Å². The normalized spacial score (nSPS) is 12.0. The summed E-state index contributed by atoms with van der Waals surface area (Å²) in [5.74, 6) is -1.48. The Kier molecular flexibility index (Phi) is 6.06. The minimum atomic E-state index is -0.992. The molecule has 142 valence electrons. The molecule has 0 aliphatic rings. The Hall–Kier alpha value is -3.61. The number of ether oxygens (including phenoxy) is 1. The van der Waals surface area contributed by atoms with Gasteiger partial charge in [-0.25, -0.2) is 13.8 Å². The lowest BCUT2D eigenvalue weighted by molar-refractivity contribution is -0.117. The van der Waals surface area contributed by atoms with E-state index in [1.807, 2.05) is 6.07 Å². The second-order valence-electron chi connectivity index (χ2n) is 5.92. The van der Waals surface area contributed by atoms with Crippen molar-refractivity contribution in [3.8, 4) is 11.6 Å². The molecule has 1 N–H and O–H groups in total. The number of aromatic nitrogens is 2. The minimum Gasteiger partial charge on any atom is -0.437 e. The second-order valence-corrected chi connectivity index (χ2v) is 5.92. The van der Waals surface area contributed by atoms with E-state index in [4.69, 9.17) is 4.74 Å². The lowest BCUT2D eigenvalue weighted by atomic mass is 10.1. The van der Waals surface area contributed by atoms with Gasteiger partial charge in [-0.05, 0) is 36.8 Å². The van der Waals surface area contributed by atoms with E-state index in [1.165, 1.54) is 30.6 Å². The highest BCUT2D eigenvalue weighted by Crippen LogP contribution is 2.23. The van der Waals surface area contributed by atoms with E-state index in [0.29, 0.717) is 11.6 Å². The van der Waals surface area contributed by atoms with E-state index in [0.717, 1.165) is 17.7 Å². The molecule has 1 aromatic heterocycles. The Labute approximate surface area is 160 Å². The van der Waals surface area contributed by atoms with Crippen molar-refractivity contribution < 1.29 is 18.3 Å². The highest BCUT2D eigenvalue weighted by Gasteiger charge is 2.10. The summed E-state index contributed by atoms with van der Waals surface area (Å²) in [6, 6.07) is 10.6. The third-order valence-electron chi connectivity index (χ3n) is 3.87. The molecule has 0 spiro atoms.